The van der Waals surface area contributed by atoms with Gasteiger partial charge in [0.05, 0.1) is 0 Å². The average Bonchev–Trinajstić information content (AvgIpc) is 2.67. The Hall–Kier alpha value is -1.51. The standard InChI is InChI=1S/3C7H4F3.Bi.2ClH/c3*8-7(9,10)6-4-2-1-3-5-6;;;/h3*2-5H;;2*1H/q;;;+2;;/p-2. The zero-order valence-corrected chi connectivity index (χ0v) is 21.0. The predicted molar refractivity (Wildman–Crippen MR) is 99.0 cm³/mol. The minimum absolute atomic E-state index is 0. The molecule has 0 aliphatic rings. The molecule has 0 saturated heterocycles. The Morgan fingerprint density at radius 1 is 0.364 bits per heavy atom. The van der Waals surface area contributed by atoms with Crippen LogP contribution in [0.25, 0.3) is 0 Å². The molecule has 0 saturated carbocycles. The molecule has 12 heteroatoms. The summed E-state index contributed by atoms with van der Waals surface area (Å²) in [5.74, 6) is 0. The third-order valence-electron chi connectivity index (χ3n) is 4.36. The van der Waals surface area contributed by atoms with Crippen LogP contribution >= 0.6 is 0 Å². The summed E-state index contributed by atoms with van der Waals surface area (Å²) in [5, 5.41) is 0. The second kappa shape index (κ2) is 10.8. The largest absolute Gasteiger partial charge is 1.00 e. The molecule has 0 bridgehead atoms. The van der Waals surface area contributed by atoms with Crippen LogP contribution in [0.1, 0.15) is 16.7 Å². The molecule has 0 aliphatic carbocycles. The molecule has 0 unspecified atom stereocenters. The van der Waals surface area contributed by atoms with Gasteiger partial charge in [0.15, 0.2) is 0 Å². The number of hydrogen-bond donors (Lipinski definition) is 0. The van der Waals surface area contributed by atoms with Crippen molar-refractivity contribution < 1.29 is 64.3 Å². The molecule has 0 fully saturated rings. The van der Waals surface area contributed by atoms with E-state index in [1.165, 1.54) is 36.4 Å². The van der Waals surface area contributed by atoms with E-state index in [0.29, 0.717) is 9.81 Å². The van der Waals surface area contributed by atoms with E-state index in [-0.39, 0.29) is 24.8 Å². The van der Waals surface area contributed by atoms with E-state index < -0.39 is 57.0 Å². The van der Waals surface area contributed by atoms with Gasteiger partial charge in [-0.2, -0.15) is 0 Å². The normalized spacial score (nSPS) is 11.9. The molecule has 3 aromatic rings. The van der Waals surface area contributed by atoms with Crippen molar-refractivity contribution in [3.05, 3.63) is 89.5 Å². The molecule has 3 rings (SSSR count). The van der Waals surface area contributed by atoms with E-state index in [2.05, 4.69) is 0 Å². The van der Waals surface area contributed by atoms with Crippen LogP contribution in [-0.4, -0.2) is 21.8 Å². The van der Waals surface area contributed by atoms with Crippen molar-refractivity contribution in [1.82, 2.24) is 0 Å². The maximum atomic E-state index is 12.9. The average molecular weight is 715 g/mol. The number of halogens is 11. The summed E-state index contributed by atoms with van der Waals surface area (Å²) in [6.45, 7) is 0. The van der Waals surface area contributed by atoms with Gasteiger partial charge in [0.1, 0.15) is 0 Å². The Morgan fingerprint density at radius 3 is 0.697 bits per heavy atom. The van der Waals surface area contributed by atoms with Crippen molar-refractivity contribution in [2.75, 3.05) is 0 Å². The molecule has 0 heterocycles. The van der Waals surface area contributed by atoms with Gasteiger partial charge < -0.3 is 24.8 Å². The molecule has 0 nitrogen and oxygen atoms in total. The van der Waals surface area contributed by atoms with E-state index >= 15 is 0 Å². The first kappa shape index (κ1) is 29.5. The minimum Gasteiger partial charge on any atom is -1.00 e. The first-order chi connectivity index (χ1) is 14.3. The number of hydrogen-bond acceptors (Lipinski definition) is 0. The Balaban J connectivity index is 0.00000272. The summed E-state index contributed by atoms with van der Waals surface area (Å²) in [6, 6.07) is 12.7. The van der Waals surface area contributed by atoms with Crippen molar-refractivity contribution in [2.45, 2.75) is 18.5 Å². The first-order valence-corrected chi connectivity index (χ1v) is 13.8. The molecule has 0 aromatic heterocycles. The molecule has 0 radical (unpaired) electrons. The molecule has 0 atom stereocenters. The van der Waals surface area contributed by atoms with Crippen LogP contribution in [-0.2, 0) is 18.5 Å². The third kappa shape index (κ3) is 7.24. The van der Waals surface area contributed by atoms with Crippen LogP contribution in [0.3, 0.4) is 0 Å². The van der Waals surface area contributed by atoms with Gasteiger partial charge in [-0.15, -0.1) is 0 Å². The number of alkyl halides is 9. The number of benzene rings is 3. The topological polar surface area (TPSA) is 0 Å². The van der Waals surface area contributed by atoms with Gasteiger partial charge >= 0.3 is 179 Å². The second-order valence-electron chi connectivity index (χ2n) is 6.47. The summed E-state index contributed by atoms with van der Waals surface area (Å²) in [7, 11) is 0. The second-order valence-corrected chi connectivity index (χ2v) is 15.1. The van der Waals surface area contributed by atoms with Gasteiger partial charge in [-0.25, -0.2) is 0 Å². The van der Waals surface area contributed by atoms with E-state index in [1.54, 1.807) is 0 Å². The Kier molecular flexibility index (Phi) is 9.69. The van der Waals surface area contributed by atoms with E-state index in [4.69, 9.17) is 0 Å². The molecule has 33 heavy (non-hydrogen) atoms. The van der Waals surface area contributed by atoms with Crippen molar-refractivity contribution in [3.63, 3.8) is 0 Å². The Labute approximate surface area is 203 Å². The smallest absolute Gasteiger partial charge is 1.00 e. The van der Waals surface area contributed by atoms with Crippen LogP contribution in [0.2, 0.25) is 0 Å². The van der Waals surface area contributed by atoms with Crippen LogP contribution < -0.4 is 34.6 Å². The zero-order chi connectivity index (χ0) is 23.0. The number of rotatable bonds is 3. The Morgan fingerprint density at radius 2 is 0.545 bits per heavy atom. The van der Waals surface area contributed by atoms with E-state index in [1.807, 2.05) is 0 Å². The molecule has 0 N–H and O–H groups in total. The monoisotopic (exact) mass is 714 g/mol. The fourth-order valence-electron chi connectivity index (χ4n) is 2.85. The van der Waals surface area contributed by atoms with Gasteiger partial charge in [-0.05, 0) is 0 Å². The van der Waals surface area contributed by atoms with Crippen molar-refractivity contribution in [1.29, 1.82) is 0 Å². The van der Waals surface area contributed by atoms with E-state index in [0.717, 1.165) is 36.4 Å². The van der Waals surface area contributed by atoms with Gasteiger partial charge in [0.25, 0.3) is 0 Å². The quantitative estimate of drug-likeness (QED) is 0.248. The van der Waals surface area contributed by atoms with Crippen LogP contribution in [0.15, 0.2) is 72.8 Å². The molecule has 3 aromatic carbocycles. The van der Waals surface area contributed by atoms with Gasteiger partial charge in [0.2, 0.25) is 0 Å². The summed E-state index contributed by atoms with van der Waals surface area (Å²) in [6.07, 6.45) is -13.7. The van der Waals surface area contributed by atoms with Crippen molar-refractivity contribution in [2.24, 2.45) is 0 Å². The maximum absolute atomic E-state index is 12.9. The SMILES string of the molecule is FC(F)(F)c1cc[c]([Bi+2]([c]2ccc(C(F)(F)F)cc2)[c]2ccc(C(F)(F)F)cc2)cc1.[Cl-].[Cl-]. The van der Waals surface area contributed by atoms with Gasteiger partial charge in [-0.3, -0.25) is 0 Å². The minimum atomic E-state index is -4.56. The fourth-order valence-corrected chi connectivity index (χ4v) is 11.5. The first-order valence-electron chi connectivity index (χ1n) is 8.59. The van der Waals surface area contributed by atoms with Crippen molar-refractivity contribution in [3.8, 4) is 0 Å². The predicted octanol–water partition coefficient (Wildman–Crippen LogP) is -0.733. The third-order valence-corrected chi connectivity index (χ3v) is 13.9. The molecule has 0 aliphatic heterocycles. The van der Waals surface area contributed by atoms with Crippen molar-refractivity contribution >= 4 is 31.6 Å². The van der Waals surface area contributed by atoms with Gasteiger partial charge in [-0.1, -0.05) is 0 Å². The van der Waals surface area contributed by atoms with E-state index in [9.17, 15) is 39.5 Å². The van der Waals surface area contributed by atoms with Crippen LogP contribution in [0.4, 0.5) is 39.5 Å². The summed E-state index contributed by atoms with van der Waals surface area (Å²) >= 11 is -3.46. The summed E-state index contributed by atoms with van der Waals surface area (Å²) in [4.78, 5) is 0. The van der Waals surface area contributed by atoms with Crippen LogP contribution in [0.5, 0.6) is 0 Å². The molecule has 178 valence electrons. The molecular formula is C21H12BiCl2F9. The summed E-state index contributed by atoms with van der Waals surface area (Å²) < 4.78 is 117. The summed E-state index contributed by atoms with van der Waals surface area (Å²) in [5.41, 5.74) is -2.67. The zero-order valence-electron chi connectivity index (χ0n) is 16.0. The fraction of sp³-hybridized carbons (Fsp3) is 0.143. The van der Waals surface area contributed by atoms with Gasteiger partial charge in [0, 0.05) is 0 Å². The maximum Gasteiger partial charge on any atom is -1.00 e. The molecule has 0 spiro atoms. The molecular weight excluding hydrogens is 703 g/mol. The molecule has 0 amide bonds. The van der Waals surface area contributed by atoms with Crippen LogP contribution in [0, 0.1) is 0 Å². The Bertz CT molecular complexity index is 888.